The highest BCUT2D eigenvalue weighted by Crippen LogP contribution is 1.90. The predicted octanol–water partition coefficient (Wildman–Crippen LogP) is -0.180. The van der Waals surface area contributed by atoms with Gasteiger partial charge >= 0.3 is 11.9 Å². The zero-order chi connectivity index (χ0) is 14.7. The van der Waals surface area contributed by atoms with Crippen LogP contribution >= 0.6 is 0 Å². The highest BCUT2D eigenvalue weighted by molar-refractivity contribution is 5.94. The van der Waals surface area contributed by atoms with Crippen LogP contribution in [0.3, 0.4) is 0 Å². The Hall–Kier alpha value is -2.44. The van der Waals surface area contributed by atoms with E-state index in [1.165, 1.54) is 19.3 Å². The van der Waals surface area contributed by atoms with E-state index in [0.717, 1.165) is 17.1 Å². The summed E-state index contributed by atoms with van der Waals surface area (Å²) in [6.07, 6.45) is 4.85. The molecule has 0 bridgehead atoms. The molecule has 0 aromatic heterocycles. The van der Waals surface area contributed by atoms with Gasteiger partial charge in [0.2, 0.25) is 6.41 Å². The van der Waals surface area contributed by atoms with Gasteiger partial charge in [0.05, 0.1) is 13.7 Å². The Balaban J connectivity index is 4.10. The van der Waals surface area contributed by atoms with Gasteiger partial charge in [-0.25, -0.2) is 9.59 Å². The van der Waals surface area contributed by atoms with E-state index in [4.69, 9.17) is 0 Å². The predicted molar refractivity (Wildman–Crippen MR) is 64.7 cm³/mol. The molecule has 7 nitrogen and oxygen atoms in total. The van der Waals surface area contributed by atoms with Crippen LogP contribution in [-0.2, 0) is 28.7 Å². The fourth-order valence-corrected chi connectivity index (χ4v) is 0.950. The first-order valence-corrected chi connectivity index (χ1v) is 5.36. The van der Waals surface area contributed by atoms with E-state index >= 15 is 0 Å². The van der Waals surface area contributed by atoms with Crippen molar-refractivity contribution >= 4 is 24.3 Å². The number of allylic oxidation sites excluding steroid dienone is 1. The molecular formula is C12H15NO6. The lowest BCUT2D eigenvalue weighted by atomic mass is 10.4. The molecule has 0 aromatic rings. The molecular weight excluding hydrogens is 254 g/mol. The van der Waals surface area contributed by atoms with Gasteiger partial charge in [0, 0.05) is 12.2 Å². The maximum atomic E-state index is 11.3. The smallest absolute Gasteiger partial charge is 0.331 e. The van der Waals surface area contributed by atoms with E-state index < -0.39 is 17.8 Å². The van der Waals surface area contributed by atoms with Crippen molar-refractivity contribution in [3.63, 3.8) is 0 Å². The highest BCUT2D eigenvalue weighted by atomic mass is 16.5. The normalized spacial score (nSPS) is 10.4. The second kappa shape index (κ2) is 9.58. The molecule has 0 fully saturated rings. The molecule has 0 aliphatic carbocycles. The van der Waals surface area contributed by atoms with E-state index in [0.29, 0.717) is 6.41 Å². The number of imide groups is 1. The Morgan fingerprint density at radius 1 is 1.11 bits per heavy atom. The van der Waals surface area contributed by atoms with Crippen molar-refractivity contribution in [3.8, 4) is 0 Å². The standard InChI is InChI=1S/C12H15NO6/c1-3-4-10(15)13(9-14)7-8-19-12(17)6-5-11(16)18-2/h3-6,9H,7-8H2,1-2H3/b4-3-,6-5+. The lowest BCUT2D eigenvalue weighted by Gasteiger charge is -2.12. The minimum absolute atomic E-state index is 0.0650. The zero-order valence-corrected chi connectivity index (χ0v) is 10.7. The van der Waals surface area contributed by atoms with Crippen molar-refractivity contribution in [3.05, 3.63) is 24.3 Å². The fourth-order valence-electron chi connectivity index (χ4n) is 0.950. The summed E-state index contributed by atoms with van der Waals surface area (Å²) >= 11 is 0. The van der Waals surface area contributed by atoms with Crippen LogP contribution in [0.25, 0.3) is 0 Å². The number of carbonyl (C=O) groups is 4. The Kier molecular flexibility index (Phi) is 8.35. The first-order valence-electron chi connectivity index (χ1n) is 5.36. The molecule has 0 spiro atoms. The number of hydrogen-bond donors (Lipinski definition) is 0. The molecule has 0 aliphatic rings. The van der Waals surface area contributed by atoms with Crippen molar-refractivity contribution < 1.29 is 28.7 Å². The van der Waals surface area contributed by atoms with Crippen molar-refractivity contribution in [2.24, 2.45) is 0 Å². The van der Waals surface area contributed by atoms with Crippen LogP contribution in [0, 0.1) is 0 Å². The number of nitrogens with zero attached hydrogens (tertiary/aromatic N) is 1. The molecule has 0 N–H and O–H groups in total. The van der Waals surface area contributed by atoms with Gasteiger partial charge in [-0.15, -0.1) is 0 Å². The van der Waals surface area contributed by atoms with Crippen LogP contribution in [0.1, 0.15) is 6.92 Å². The largest absolute Gasteiger partial charge is 0.466 e. The molecule has 0 atom stereocenters. The average molecular weight is 269 g/mol. The maximum Gasteiger partial charge on any atom is 0.331 e. The number of esters is 2. The number of ether oxygens (including phenoxy) is 2. The summed E-state index contributed by atoms with van der Waals surface area (Å²) in [4.78, 5) is 44.5. The summed E-state index contributed by atoms with van der Waals surface area (Å²) in [5.74, 6) is -1.96. The van der Waals surface area contributed by atoms with Gasteiger partial charge in [0.1, 0.15) is 6.61 Å². The maximum absolute atomic E-state index is 11.3. The van der Waals surface area contributed by atoms with Gasteiger partial charge in [0.25, 0.3) is 5.91 Å². The van der Waals surface area contributed by atoms with E-state index in [1.54, 1.807) is 6.92 Å². The van der Waals surface area contributed by atoms with E-state index in [1.807, 2.05) is 0 Å². The quantitative estimate of drug-likeness (QED) is 0.362. The summed E-state index contributed by atoms with van der Waals surface area (Å²) in [5, 5.41) is 0. The number of rotatable bonds is 7. The summed E-state index contributed by atoms with van der Waals surface area (Å²) in [6, 6.07) is 0. The highest BCUT2D eigenvalue weighted by Gasteiger charge is 2.09. The molecule has 0 saturated heterocycles. The molecule has 0 rings (SSSR count). The van der Waals surface area contributed by atoms with Crippen LogP contribution in [0.2, 0.25) is 0 Å². The van der Waals surface area contributed by atoms with Crippen LogP contribution in [0.15, 0.2) is 24.3 Å². The Morgan fingerprint density at radius 3 is 2.26 bits per heavy atom. The molecule has 0 aromatic carbocycles. The monoisotopic (exact) mass is 269 g/mol. The Bertz CT molecular complexity index is 399. The third-order valence-electron chi connectivity index (χ3n) is 1.85. The van der Waals surface area contributed by atoms with Crippen molar-refractivity contribution in [1.82, 2.24) is 4.90 Å². The SMILES string of the molecule is C/C=C\C(=O)N(C=O)CCOC(=O)/C=C/C(=O)OC. The number of methoxy groups -OCH3 is 1. The van der Waals surface area contributed by atoms with Crippen LogP contribution in [0.5, 0.6) is 0 Å². The minimum Gasteiger partial charge on any atom is -0.466 e. The van der Waals surface area contributed by atoms with Crippen molar-refractivity contribution in [2.75, 3.05) is 20.3 Å². The molecule has 0 unspecified atom stereocenters. The average Bonchev–Trinajstić information content (AvgIpc) is 2.41. The summed E-state index contributed by atoms with van der Waals surface area (Å²) in [7, 11) is 1.17. The van der Waals surface area contributed by atoms with Crippen LogP contribution in [0.4, 0.5) is 0 Å². The molecule has 0 radical (unpaired) electrons. The molecule has 0 aliphatic heterocycles. The van der Waals surface area contributed by atoms with E-state index in [9.17, 15) is 19.2 Å². The lowest BCUT2D eigenvalue weighted by molar-refractivity contribution is -0.142. The summed E-state index contributed by atoms with van der Waals surface area (Å²) in [5.41, 5.74) is 0. The van der Waals surface area contributed by atoms with E-state index in [2.05, 4.69) is 9.47 Å². The zero-order valence-electron chi connectivity index (χ0n) is 10.7. The van der Waals surface area contributed by atoms with Gasteiger partial charge in [0.15, 0.2) is 0 Å². The number of carbonyl (C=O) groups excluding carboxylic acids is 4. The topological polar surface area (TPSA) is 90.0 Å². The third-order valence-corrected chi connectivity index (χ3v) is 1.85. The summed E-state index contributed by atoms with van der Waals surface area (Å²) in [6.45, 7) is 1.41. The number of amides is 2. The molecule has 104 valence electrons. The minimum atomic E-state index is -0.769. The van der Waals surface area contributed by atoms with Gasteiger partial charge in [-0.1, -0.05) is 6.08 Å². The molecule has 19 heavy (non-hydrogen) atoms. The van der Waals surface area contributed by atoms with Gasteiger partial charge < -0.3 is 9.47 Å². The first kappa shape index (κ1) is 16.6. The first-order chi connectivity index (χ1) is 9.04. The molecule has 0 heterocycles. The van der Waals surface area contributed by atoms with Crippen molar-refractivity contribution in [1.29, 1.82) is 0 Å². The molecule has 2 amide bonds. The number of hydrogen-bond acceptors (Lipinski definition) is 6. The van der Waals surface area contributed by atoms with Crippen molar-refractivity contribution in [2.45, 2.75) is 6.92 Å². The van der Waals surface area contributed by atoms with Gasteiger partial charge in [-0.2, -0.15) is 0 Å². The molecule has 0 saturated carbocycles. The molecule has 7 heteroatoms. The van der Waals surface area contributed by atoms with Gasteiger partial charge in [-0.05, 0) is 13.0 Å². The van der Waals surface area contributed by atoms with Crippen LogP contribution < -0.4 is 0 Å². The van der Waals surface area contributed by atoms with E-state index in [-0.39, 0.29) is 13.2 Å². The second-order valence-electron chi connectivity index (χ2n) is 3.16. The summed E-state index contributed by atoms with van der Waals surface area (Å²) < 4.78 is 8.97. The second-order valence-corrected chi connectivity index (χ2v) is 3.16. The third kappa shape index (κ3) is 7.48. The fraction of sp³-hybridized carbons (Fsp3) is 0.333. The Morgan fingerprint density at radius 2 is 1.74 bits per heavy atom. The Labute approximate surface area is 110 Å². The van der Waals surface area contributed by atoms with Gasteiger partial charge in [-0.3, -0.25) is 14.5 Å². The van der Waals surface area contributed by atoms with Crippen LogP contribution in [-0.4, -0.2) is 49.4 Å². The lowest BCUT2D eigenvalue weighted by Crippen LogP contribution is -2.31.